The van der Waals surface area contributed by atoms with Crippen molar-refractivity contribution in [3.05, 3.63) is 0 Å². The Morgan fingerprint density at radius 1 is 1.43 bits per heavy atom. The Morgan fingerprint density at radius 2 is 2.19 bits per heavy atom. The van der Waals surface area contributed by atoms with E-state index in [9.17, 15) is 0 Å². The zero-order valence-electron chi connectivity index (χ0n) is 13.4. The van der Waals surface area contributed by atoms with Gasteiger partial charge in [-0.3, -0.25) is 0 Å². The number of nitrogens with two attached hydrogens (primary N) is 1. The second-order valence-electron chi connectivity index (χ2n) is 6.76. The predicted molar refractivity (Wildman–Crippen MR) is 83.3 cm³/mol. The molecule has 3 unspecified atom stereocenters. The molecule has 21 heavy (non-hydrogen) atoms. The van der Waals surface area contributed by atoms with E-state index >= 15 is 0 Å². The van der Waals surface area contributed by atoms with E-state index < -0.39 is 0 Å². The van der Waals surface area contributed by atoms with Gasteiger partial charge in [0.05, 0.1) is 12.1 Å². The number of likely N-dealkylation sites (tertiary alicyclic amines) is 1. The Hall–Kier alpha value is -0.810. The summed E-state index contributed by atoms with van der Waals surface area (Å²) in [7, 11) is 0. The molecular formula is C16H29N3O2. The summed E-state index contributed by atoms with van der Waals surface area (Å²) >= 11 is 0. The fraction of sp³-hybridized carbons (Fsp3) is 0.938. The van der Waals surface area contributed by atoms with Crippen molar-refractivity contribution < 1.29 is 9.47 Å². The Balaban J connectivity index is 1.65. The van der Waals surface area contributed by atoms with Gasteiger partial charge in [-0.25, -0.2) is 4.99 Å². The van der Waals surface area contributed by atoms with Crippen LogP contribution in [-0.2, 0) is 9.47 Å². The maximum absolute atomic E-state index is 6.25. The Labute approximate surface area is 127 Å². The van der Waals surface area contributed by atoms with E-state index in [0.717, 1.165) is 51.5 Å². The third kappa shape index (κ3) is 2.78. The van der Waals surface area contributed by atoms with Crippen molar-refractivity contribution in [1.29, 1.82) is 0 Å². The Morgan fingerprint density at radius 3 is 2.81 bits per heavy atom. The van der Waals surface area contributed by atoms with Gasteiger partial charge in [-0.2, -0.15) is 0 Å². The van der Waals surface area contributed by atoms with E-state index in [1.807, 2.05) is 6.92 Å². The zero-order chi connectivity index (χ0) is 14.9. The highest BCUT2D eigenvalue weighted by molar-refractivity contribution is 5.78. The molecule has 0 amide bonds. The molecule has 120 valence electrons. The number of nitrogens with zero attached hydrogens (tertiary/aromatic N) is 2. The van der Waals surface area contributed by atoms with Gasteiger partial charge in [0, 0.05) is 32.7 Å². The molecule has 2 aliphatic heterocycles. The lowest BCUT2D eigenvalue weighted by Gasteiger charge is -2.50. The van der Waals surface area contributed by atoms with E-state index in [1.54, 1.807) is 0 Å². The molecule has 2 heterocycles. The van der Waals surface area contributed by atoms with Crippen molar-refractivity contribution in [3.8, 4) is 0 Å². The highest BCUT2D eigenvalue weighted by atomic mass is 16.6. The van der Waals surface area contributed by atoms with E-state index in [0.29, 0.717) is 5.96 Å². The third-order valence-electron chi connectivity index (χ3n) is 5.39. The van der Waals surface area contributed by atoms with E-state index in [-0.39, 0.29) is 17.7 Å². The topological polar surface area (TPSA) is 60.1 Å². The van der Waals surface area contributed by atoms with Gasteiger partial charge in [0.25, 0.3) is 0 Å². The molecule has 3 aliphatic rings. The Bertz CT molecular complexity index is 385. The SMILES string of the molecule is CCOC1CC(N=C(N)N2CCC(C)CC2)C12CCCO2. The normalized spacial score (nSPS) is 38.0. The van der Waals surface area contributed by atoms with Crippen molar-refractivity contribution in [2.75, 3.05) is 26.3 Å². The fourth-order valence-electron chi connectivity index (χ4n) is 3.91. The molecule has 5 nitrogen and oxygen atoms in total. The van der Waals surface area contributed by atoms with Crippen LogP contribution in [-0.4, -0.2) is 54.9 Å². The number of guanidine groups is 1. The van der Waals surface area contributed by atoms with Crippen molar-refractivity contribution in [1.82, 2.24) is 4.90 Å². The number of aliphatic imine (C=N–C) groups is 1. The van der Waals surface area contributed by atoms with Crippen LogP contribution in [0.5, 0.6) is 0 Å². The first kappa shape index (κ1) is 15.1. The first-order valence-electron chi connectivity index (χ1n) is 8.49. The predicted octanol–water partition coefficient (Wildman–Crippen LogP) is 1.76. The molecular weight excluding hydrogens is 266 g/mol. The Kier molecular flexibility index (Phi) is 4.41. The fourth-order valence-corrected chi connectivity index (χ4v) is 3.91. The number of ether oxygens (including phenoxy) is 2. The lowest BCUT2D eigenvalue weighted by atomic mass is 9.70. The van der Waals surface area contributed by atoms with Crippen LogP contribution in [0.2, 0.25) is 0 Å². The summed E-state index contributed by atoms with van der Waals surface area (Å²) in [5, 5.41) is 0. The third-order valence-corrected chi connectivity index (χ3v) is 5.39. The average molecular weight is 295 g/mol. The minimum absolute atomic E-state index is 0.177. The van der Waals surface area contributed by atoms with Gasteiger partial charge in [-0.05, 0) is 38.5 Å². The van der Waals surface area contributed by atoms with Gasteiger partial charge in [0.1, 0.15) is 5.60 Å². The summed E-state index contributed by atoms with van der Waals surface area (Å²) in [5.41, 5.74) is 6.06. The van der Waals surface area contributed by atoms with E-state index in [2.05, 4.69) is 11.8 Å². The summed E-state index contributed by atoms with van der Waals surface area (Å²) in [6.07, 6.45) is 5.73. The second kappa shape index (κ2) is 6.13. The number of hydrogen-bond donors (Lipinski definition) is 1. The molecule has 1 aliphatic carbocycles. The van der Waals surface area contributed by atoms with Crippen molar-refractivity contribution >= 4 is 5.96 Å². The minimum atomic E-state index is -0.191. The van der Waals surface area contributed by atoms with Crippen LogP contribution >= 0.6 is 0 Å². The van der Waals surface area contributed by atoms with Gasteiger partial charge < -0.3 is 20.1 Å². The van der Waals surface area contributed by atoms with Gasteiger partial charge in [-0.15, -0.1) is 0 Å². The molecule has 2 saturated heterocycles. The molecule has 3 atom stereocenters. The van der Waals surface area contributed by atoms with Crippen LogP contribution in [0.25, 0.3) is 0 Å². The van der Waals surface area contributed by atoms with Crippen LogP contribution in [0, 0.1) is 5.92 Å². The summed E-state index contributed by atoms with van der Waals surface area (Å²) in [4.78, 5) is 7.05. The number of hydrogen-bond acceptors (Lipinski definition) is 3. The molecule has 0 radical (unpaired) electrons. The van der Waals surface area contributed by atoms with Crippen molar-refractivity contribution in [2.24, 2.45) is 16.6 Å². The highest BCUT2D eigenvalue weighted by Gasteiger charge is 2.59. The first-order valence-corrected chi connectivity index (χ1v) is 8.49. The summed E-state index contributed by atoms with van der Waals surface area (Å²) in [6.45, 7) is 7.99. The molecule has 0 aromatic heterocycles. The standard InChI is InChI=1S/C16H29N3O2/c1-3-20-14-11-13(16(14)7-4-10-21-16)18-15(17)19-8-5-12(2)6-9-19/h12-14H,3-11H2,1-2H3,(H2,17,18). The largest absolute Gasteiger partial charge is 0.375 e. The molecule has 0 bridgehead atoms. The van der Waals surface area contributed by atoms with Crippen LogP contribution in [0.15, 0.2) is 4.99 Å². The van der Waals surface area contributed by atoms with Crippen LogP contribution in [0.3, 0.4) is 0 Å². The van der Waals surface area contributed by atoms with E-state index in [4.69, 9.17) is 20.2 Å². The molecule has 1 spiro atoms. The molecule has 3 fully saturated rings. The number of rotatable bonds is 3. The molecule has 3 rings (SSSR count). The highest BCUT2D eigenvalue weighted by Crippen LogP contribution is 2.47. The number of piperidine rings is 1. The van der Waals surface area contributed by atoms with Crippen molar-refractivity contribution in [3.63, 3.8) is 0 Å². The van der Waals surface area contributed by atoms with Gasteiger partial charge in [0.2, 0.25) is 0 Å². The quantitative estimate of drug-likeness (QED) is 0.636. The lowest BCUT2D eigenvalue weighted by molar-refractivity contribution is -0.189. The maximum atomic E-state index is 6.25. The summed E-state index contributed by atoms with van der Waals surface area (Å²) in [5.74, 6) is 1.52. The summed E-state index contributed by atoms with van der Waals surface area (Å²) in [6, 6.07) is 0.177. The van der Waals surface area contributed by atoms with E-state index in [1.165, 1.54) is 12.8 Å². The average Bonchev–Trinajstić information content (AvgIpc) is 2.99. The molecule has 0 aromatic carbocycles. The van der Waals surface area contributed by atoms with Gasteiger partial charge in [-0.1, -0.05) is 6.92 Å². The summed E-state index contributed by atoms with van der Waals surface area (Å²) < 4.78 is 11.9. The maximum Gasteiger partial charge on any atom is 0.191 e. The van der Waals surface area contributed by atoms with Crippen molar-refractivity contribution in [2.45, 2.75) is 63.7 Å². The molecule has 5 heteroatoms. The second-order valence-corrected chi connectivity index (χ2v) is 6.76. The molecule has 0 aromatic rings. The van der Waals surface area contributed by atoms with Crippen LogP contribution in [0.4, 0.5) is 0 Å². The van der Waals surface area contributed by atoms with Gasteiger partial charge >= 0.3 is 0 Å². The van der Waals surface area contributed by atoms with Crippen LogP contribution in [0.1, 0.15) is 46.0 Å². The monoisotopic (exact) mass is 295 g/mol. The zero-order valence-corrected chi connectivity index (χ0v) is 13.4. The molecule has 2 N–H and O–H groups in total. The van der Waals surface area contributed by atoms with Crippen LogP contribution < -0.4 is 5.73 Å². The lowest BCUT2D eigenvalue weighted by Crippen LogP contribution is -2.64. The smallest absolute Gasteiger partial charge is 0.191 e. The first-order chi connectivity index (χ1) is 10.2. The van der Waals surface area contributed by atoms with Gasteiger partial charge in [0.15, 0.2) is 5.96 Å². The minimum Gasteiger partial charge on any atom is -0.375 e. The molecule has 1 saturated carbocycles.